The standard InChI is InChI=1S/C12H26N4/c1-10(2)8-14-12(13)16(4)11-6-5-7-15(3)9-11/h10-11H,5-9H2,1-4H3,(H2,13,14). The fourth-order valence-electron chi connectivity index (χ4n) is 2.03. The van der Waals surface area contributed by atoms with Gasteiger partial charge in [-0.15, -0.1) is 0 Å². The van der Waals surface area contributed by atoms with Crippen molar-refractivity contribution < 1.29 is 0 Å². The van der Waals surface area contributed by atoms with Gasteiger partial charge in [-0.05, 0) is 32.4 Å². The van der Waals surface area contributed by atoms with Gasteiger partial charge in [0.2, 0.25) is 0 Å². The quantitative estimate of drug-likeness (QED) is 0.576. The minimum absolute atomic E-state index is 0.523. The summed E-state index contributed by atoms with van der Waals surface area (Å²) >= 11 is 0. The SMILES string of the molecule is CC(C)CN=C(N)N(C)C1CCCN(C)C1. The van der Waals surface area contributed by atoms with Crippen molar-refractivity contribution in [1.29, 1.82) is 0 Å². The van der Waals surface area contributed by atoms with Crippen molar-refractivity contribution in [1.82, 2.24) is 9.80 Å². The van der Waals surface area contributed by atoms with E-state index < -0.39 is 0 Å². The summed E-state index contributed by atoms with van der Waals surface area (Å²) in [6.45, 7) is 7.43. The van der Waals surface area contributed by atoms with Crippen molar-refractivity contribution in [3.8, 4) is 0 Å². The highest BCUT2D eigenvalue weighted by Gasteiger charge is 2.21. The van der Waals surface area contributed by atoms with Gasteiger partial charge in [0.1, 0.15) is 0 Å². The molecule has 4 heteroatoms. The van der Waals surface area contributed by atoms with E-state index in [-0.39, 0.29) is 0 Å². The lowest BCUT2D eigenvalue weighted by atomic mass is 10.1. The molecule has 4 nitrogen and oxygen atoms in total. The van der Waals surface area contributed by atoms with Gasteiger partial charge in [0.15, 0.2) is 5.96 Å². The molecule has 0 radical (unpaired) electrons. The van der Waals surface area contributed by atoms with Gasteiger partial charge < -0.3 is 15.5 Å². The summed E-state index contributed by atoms with van der Waals surface area (Å²) < 4.78 is 0. The first kappa shape index (κ1) is 13.3. The number of piperidine rings is 1. The molecule has 1 aliphatic heterocycles. The maximum absolute atomic E-state index is 6.00. The van der Waals surface area contributed by atoms with E-state index in [1.807, 2.05) is 0 Å². The molecule has 0 spiro atoms. The van der Waals surface area contributed by atoms with Gasteiger partial charge >= 0.3 is 0 Å². The van der Waals surface area contributed by atoms with Gasteiger partial charge in [-0.3, -0.25) is 4.99 Å². The van der Waals surface area contributed by atoms with Crippen LogP contribution >= 0.6 is 0 Å². The van der Waals surface area contributed by atoms with Gasteiger partial charge in [0, 0.05) is 26.2 Å². The molecule has 94 valence electrons. The molecule has 0 aromatic carbocycles. The van der Waals surface area contributed by atoms with Crippen molar-refractivity contribution >= 4 is 5.96 Å². The van der Waals surface area contributed by atoms with Crippen molar-refractivity contribution in [3.05, 3.63) is 0 Å². The van der Waals surface area contributed by atoms with Crippen molar-refractivity contribution in [3.63, 3.8) is 0 Å². The lowest BCUT2D eigenvalue weighted by Gasteiger charge is -2.36. The van der Waals surface area contributed by atoms with Gasteiger partial charge in [0.25, 0.3) is 0 Å². The van der Waals surface area contributed by atoms with E-state index in [4.69, 9.17) is 5.73 Å². The minimum atomic E-state index is 0.523. The van der Waals surface area contributed by atoms with Crippen molar-refractivity contribution in [2.45, 2.75) is 32.7 Å². The molecule has 0 amide bonds. The zero-order chi connectivity index (χ0) is 12.1. The second kappa shape index (κ2) is 6.09. The average Bonchev–Trinajstić information content (AvgIpc) is 2.24. The molecule has 0 saturated carbocycles. The number of likely N-dealkylation sites (N-methyl/N-ethyl adjacent to an activating group) is 2. The van der Waals surface area contributed by atoms with Crippen LogP contribution in [0.15, 0.2) is 4.99 Å². The Morgan fingerprint density at radius 2 is 2.25 bits per heavy atom. The molecule has 0 aromatic rings. The number of aliphatic imine (C=N–C) groups is 1. The van der Waals surface area contributed by atoms with Crippen LogP contribution in [0.5, 0.6) is 0 Å². The molecule has 1 atom stereocenters. The van der Waals surface area contributed by atoms with Crippen LogP contribution in [0, 0.1) is 5.92 Å². The van der Waals surface area contributed by atoms with E-state index in [1.165, 1.54) is 19.4 Å². The Kier molecular flexibility index (Phi) is 5.06. The predicted octanol–water partition coefficient (Wildman–Crippen LogP) is 0.983. The zero-order valence-corrected chi connectivity index (χ0v) is 11.1. The summed E-state index contributed by atoms with van der Waals surface area (Å²) in [6, 6.07) is 0.523. The van der Waals surface area contributed by atoms with Crippen LogP contribution in [-0.4, -0.2) is 55.5 Å². The maximum atomic E-state index is 6.00. The molecule has 0 aromatic heterocycles. The molecule has 1 heterocycles. The van der Waals surface area contributed by atoms with E-state index in [0.717, 1.165) is 13.1 Å². The Labute approximate surface area is 99.5 Å². The second-order valence-corrected chi connectivity index (χ2v) is 5.26. The summed E-state index contributed by atoms with van der Waals surface area (Å²) in [7, 11) is 4.23. The summed E-state index contributed by atoms with van der Waals surface area (Å²) in [4.78, 5) is 8.92. The minimum Gasteiger partial charge on any atom is -0.370 e. The monoisotopic (exact) mass is 226 g/mol. The Morgan fingerprint density at radius 3 is 2.81 bits per heavy atom. The van der Waals surface area contributed by atoms with Crippen LogP contribution in [0.4, 0.5) is 0 Å². The van der Waals surface area contributed by atoms with Crippen LogP contribution in [0.3, 0.4) is 0 Å². The van der Waals surface area contributed by atoms with Crippen LogP contribution in [0.1, 0.15) is 26.7 Å². The molecule has 1 rings (SSSR count). The molecule has 16 heavy (non-hydrogen) atoms. The van der Waals surface area contributed by atoms with Crippen LogP contribution in [-0.2, 0) is 0 Å². The van der Waals surface area contributed by atoms with Crippen molar-refractivity contribution in [2.24, 2.45) is 16.6 Å². The smallest absolute Gasteiger partial charge is 0.191 e. The Morgan fingerprint density at radius 1 is 1.56 bits per heavy atom. The van der Waals surface area contributed by atoms with E-state index in [9.17, 15) is 0 Å². The Balaban J connectivity index is 2.48. The summed E-state index contributed by atoms with van der Waals surface area (Å²) in [5, 5.41) is 0. The van der Waals surface area contributed by atoms with Crippen LogP contribution in [0.2, 0.25) is 0 Å². The molecule has 1 unspecified atom stereocenters. The topological polar surface area (TPSA) is 44.9 Å². The Bertz CT molecular complexity index is 237. The molecular weight excluding hydrogens is 200 g/mol. The summed E-state index contributed by atoms with van der Waals surface area (Å²) in [6.07, 6.45) is 2.47. The number of hydrogen-bond donors (Lipinski definition) is 1. The van der Waals surface area contributed by atoms with Gasteiger partial charge in [-0.25, -0.2) is 0 Å². The number of nitrogens with zero attached hydrogens (tertiary/aromatic N) is 3. The molecule has 1 aliphatic rings. The number of guanidine groups is 1. The second-order valence-electron chi connectivity index (χ2n) is 5.26. The fourth-order valence-corrected chi connectivity index (χ4v) is 2.03. The number of hydrogen-bond acceptors (Lipinski definition) is 2. The number of nitrogens with two attached hydrogens (primary N) is 1. The van der Waals surface area contributed by atoms with E-state index in [2.05, 4.69) is 42.7 Å². The van der Waals surface area contributed by atoms with E-state index in [0.29, 0.717) is 17.9 Å². The molecule has 1 saturated heterocycles. The lowest BCUT2D eigenvalue weighted by Crippen LogP contribution is -2.49. The normalized spacial score (nSPS) is 23.8. The zero-order valence-electron chi connectivity index (χ0n) is 11.1. The third kappa shape index (κ3) is 4.00. The van der Waals surface area contributed by atoms with E-state index in [1.54, 1.807) is 0 Å². The molecule has 1 fully saturated rings. The van der Waals surface area contributed by atoms with Crippen molar-refractivity contribution in [2.75, 3.05) is 33.7 Å². The highest BCUT2D eigenvalue weighted by molar-refractivity contribution is 5.78. The lowest BCUT2D eigenvalue weighted by molar-refractivity contribution is 0.180. The Hall–Kier alpha value is -0.770. The molecule has 0 aliphatic carbocycles. The first-order valence-corrected chi connectivity index (χ1v) is 6.22. The van der Waals surface area contributed by atoms with Gasteiger partial charge in [-0.1, -0.05) is 13.8 Å². The third-order valence-corrected chi connectivity index (χ3v) is 3.13. The van der Waals surface area contributed by atoms with E-state index >= 15 is 0 Å². The highest BCUT2D eigenvalue weighted by atomic mass is 15.3. The van der Waals surface area contributed by atoms with Gasteiger partial charge in [0.05, 0.1) is 0 Å². The predicted molar refractivity (Wildman–Crippen MR) is 69.6 cm³/mol. The van der Waals surface area contributed by atoms with Crippen LogP contribution < -0.4 is 5.73 Å². The maximum Gasteiger partial charge on any atom is 0.191 e. The first-order valence-electron chi connectivity index (χ1n) is 6.22. The molecule has 2 N–H and O–H groups in total. The summed E-state index contributed by atoms with van der Waals surface area (Å²) in [5.41, 5.74) is 6.00. The number of rotatable bonds is 3. The average molecular weight is 226 g/mol. The number of likely N-dealkylation sites (tertiary alicyclic amines) is 1. The molecular formula is C12H26N4. The first-order chi connectivity index (χ1) is 7.50. The highest BCUT2D eigenvalue weighted by Crippen LogP contribution is 2.13. The third-order valence-electron chi connectivity index (χ3n) is 3.13. The largest absolute Gasteiger partial charge is 0.370 e. The summed E-state index contributed by atoms with van der Waals surface area (Å²) in [5.74, 6) is 1.26. The molecule has 0 bridgehead atoms. The van der Waals surface area contributed by atoms with Gasteiger partial charge in [-0.2, -0.15) is 0 Å². The van der Waals surface area contributed by atoms with Crippen LogP contribution in [0.25, 0.3) is 0 Å². The fraction of sp³-hybridized carbons (Fsp3) is 0.917.